The predicted octanol–water partition coefficient (Wildman–Crippen LogP) is 1.11. The number of hydrogen-bond acceptors (Lipinski definition) is 3. The van der Waals surface area contributed by atoms with Crippen LogP contribution in [0, 0.1) is 13.8 Å². The second-order valence-electron chi connectivity index (χ2n) is 4.43. The smallest absolute Gasteiger partial charge is 0.326 e. The number of aromatic amines is 1. The summed E-state index contributed by atoms with van der Waals surface area (Å²) in [6.07, 6.45) is 1.22. The molecule has 1 aromatic rings. The fourth-order valence-electron chi connectivity index (χ4n) is 2.18. The third-order valence-corrected chi connectivity index (χ3v) is 3.16. The van der Waals surface area contributed by atoms with E-state index in [1.165, 1.54) is 4.90 Å². The van der Waals surface area contributed by atoms with E-state index in [4.69, 9.17) is 5.11 Å². The van der Waals surface area contributed by atoms with E-state index in [1.807, 2.05) is 0 Å². The Hall–Kier alpha value is -2.05. The lowest BCUT2D eigenvalue weighted by Gasteiger charge is -2.21. The number of amides is 2. The summed E-state index contributed by atoms with van der Waals surface area (Å²) in [4.78, 5) is 24.4. The molecule has 1 aromatic heterocycles. The van der Waals surface area contributed by atoms with E-state index in [-0.39, 0.29) is 6.03 Å². The minimum atomic E-state index is -0.955. The Morgan fingerprint density at radius 1 is 1.50 bits per heavy atom. The number of likely N-dealkylation sites (tertiary alicyclic amines) is 1. The molecule has 0 spiro atoms. The molecule has 1 aliphatic heterocycles. The molecule has 98 valence electrons. The Kier molecular flexibility index (Phi) is 3.22. The Morgan fingerprint density at radius 3 is 2.78 bits per heavy atom. The van der Waals surface area contributed by atoms with E-state index >= 15 is 0 Å². The first-order valence-corrected chi connectivity index (χ1v) is 5.82. The van der Waals surface area contributed by atoms with Crippen LogP contribution in [0.5, 0.6) is 0 Å². The fraction of sp³-hybridized carbons (Fsp3) is 0.545. The number of rotatable bonds is 2. The Labute approximate surface area is 104 Å². The molecule has 0 aromatic carbocycles. The van der Waals surface area contributed by atoms with E-state index in [1.54, 1.807) is 13.8 Å². The Balaban J connectivity index is 2.11. The average molecular weight is 252 g/mol. The summed E-state index contributed by atoms with van der Waals surface area (Å²) in [5.41, 5.74) is 2.06. The molecule has 7 heteroatoms. The van der Waals surface area contributed by atoms with E-state index in [0.29, 0.717) is 30.8 Å². The van der Waals surface area contributed by atoms with Crippen molar-refractivity contribution in [2.75, 3.05) is 11.9 Å². The van der Waals surface area contributed by atoms with Crippen LogP contribution in [0.4, 0.5) is 10.5 Å². The number of anilines is 1. The molecule has 7 nitrogen and oxygen atoms in total. The number of hydrogen-bond donors (Lipinski definition) is 3. The number of nitrogens with one attached hydrogen (secondary N) is 2. The molecule has 3 N–H and O–H groups in total. The summed E-state index contributed by atoms with van der Waals surface area (Å²) >= 11 is 0. The molecule has 0 radical (unpaired) electrons. The summed E-state index contributed by atoms with van der Waals surface area (Å²) in [5, 5.41) is 18.5. The van der Waals surface area contributed by atoms with Crippen LogP contribution in [-0.2, 0) is 4.79 Å². The topological polar surface area (TPSA) is 98.3 Å². The molecule has 18 heavy (non-hydrogen) atoms. The van der Waals surface area contributed by atoms with Gasteiger partial charge in [-0.2, -0.15) is 5.10 Å². The van der Waals surface area contributed by atoms with Gasteiger partial charge in [-0.1, -0.05) is 0 Å². The summed E-state index contributed by atoms with van der Waals surface area (Å²) in [6, 6.07) is -1.11. The third-order valence-electron chi connectivity index (χ3n) is 3.16. The van der Waals surface area contributed by atoms with Gasteiger partial charge in [0, 0.05) is 6.54 Å². The van der Waals surface area contributed by atoms with Crippen molar-refractivity contribution < 1.29 is 14.7 Å². The van der Waals surface area contributed by atoms with Crippen LogP contribution >= 0.6 is 0 Å². The van der Waals surface area contributed by atoms with Crippen molar-refractivity contribution in [2.45, 2.75) is 32.7 Å². The molecule has 1 atom stereocenters. The van der Waals surface area contributed by atoms with Crippen LogP contribution in [0.3, 0.4) is 0 Å². The lowest BCUT2D eigenvalue weighted by Crippen LogP contribution is -2.42. The number of carbonyl (C=O) groups is 2. The molecule has 2 heterocycles. The summed E-state index contributed by atoms with van der Waals surface area (Å²) < 4.78 is 0. The molecular weight excluding hydrogens is 236 g/mol. The Bertz CT molecular complexity index is 463. The zero-order chi connectivity index (χ0) is 13.3. The van der Waals surface area contributed by atoms with Gasteiger partial charge in [0.25, 0.3) is 0 Å². The SMILES string of the molecule is Cc1n[nH]c(C)c1NC(=O)N1CCC[C@@H]1C(=O)O. The number of aromatic nitrogens is 2. The maximum Gasteiger partial charge on any atom is 0.326 e. The lowest BCUT2D eigenvalue weighted by atomic mass is 10.2. The summed E-state index contributed by atoms with van der Waals surface area (Å²) in [5.74, 6) is -0.955. The van der Waals surface area contributed by atoms with Gasteiger partial charge in [0.2, 0.25) is 0 Å². The van der Waals surface area contributed by atoms with Gasteiger partial charge in [0.05, 0.1) is 17.1 Å². The first-order chi connectivity index (χ1) is 8.50. The standard InChI is InChI=1S/C11H16N4O3/c1-6-9(7(2)14-13-6)12-11(18)15-5-3-4-8(15)10(16)17/h8H,3-5H2,1-2H3,(H,12,18)(H,13,14)(H,16,17)/t8-/m1/s1. The van der Waals surface area contributed by atoms with Gasteiger partial charge in [-0.25, -0.2) is 9.59 Å². The number of aliphatic carboxylic acids is 1. The highest BCUT2D eigenvalue weighted by molar-refractivity contribution is 5.93. The van der Waals surface area contributed by atoms with Crippen LogP contribution in [0.25, 0.3) is 0 Å². The average Bonchev–Trinajstić information content (AvgIpc) is 2.90. The van der Waals surface area contributed by atoms with E-state index < -0.39 is 12.0 Å². The zero-order valence-electron chi connectivity index (χ0n) is 10.4. The summed E-state index contributed by atoms with van der Waals surface area (Å²) in [6.45, 7) is 4.05. The van der Waals surface area contributed by atoms with Crippen molar-refractivity contribution in [1.29, 1.82) is 0 Å². The van der Waals surface area contributed by atoms with Crippen LogP contribution < -0.4 is 5.32 Å². The number of H-pyrrole nitrogens is 1. The molecule has 1 fully saturated rings. The number of carbonyl (C=O) groups excluding carboxylic acids is 1. The highest BCUT2D eigenvalue weighted by Gasteiger charge is 2.34. The minimum absolute atomic E-state index is 0.382. The van der Waals surface area contributed by atoms with Crippen LogP contribution in [0.15, 0.2) is 0 Å². The van der Waals surface area contributed by atoms with Crippen molar-refractivity contribution in [3.63, 3.8) is 0 Å². The number of carboxylic acids is 1. The minimum Gasteiger partial charge on any atom is -0.480 e. The van der Waals surface area contributed by atoms with Gasteiger partial charge in [0.15, 0.2) is 0 Å². The van der Waals surface area contributed by atoms with Crippen LogP contribution in [0.2, 0.25) is 0 Å². The molecular formula is C11H16N4O3. The molecule has 0 bridgehead atoms. The monoisotopic (exact) mass is 252 g/mol. The lowest BCUT2D eigenvalue weighted by molar-refractivity contribution is -0.141. The number of aryl methyl sites for hydroxylation is 2. The van der Waals surface area contributed by atoms with Crippen molar-refractivity contribution in [2.24, 2.45) is 0 Å². The summed E-state index contributed by atoms with van der Waals surface area (Å²) in [7, 11) is 0. The number of urea groups is 1. The van der Waals surface area contributed by atoms with Crippen molar-refractivity contribution in [1.82, 2.24) is 15.1 Å². The van der Waals surface area contributed by atoms with Crippen molar-refractivity contribution in [3.8, 4) is 0 Å². The second kappa shape index (κ2) is 4.67. The first kappa shape index (κ1) is 12.4. The maximum atomic E-state index is 12.0. The van der Waals surface area contributed by atoms with E-state index in [9.17, 15) is 9.59 Å². The third kappa shape index (κ3) is 2.15. The van der Waals surface area contributed by atoms with Crippen molar-refractivity contribution in [3.05, 3.63) is 11.4 Å². The zero-order valence-corrected chi connectivity index (χ0v) is 10.4. The van der Waals surface area contributed by atoms with Crippen LogP contribution in [-0.4, -0.2) is 44.8 Å². The molecule has 0 unspecified atom stereocenters. The largest absolute Gasteiger partial charge is 0.480 e. The van der Waals surface area contributed by atoms with Crippen LogP contribution in [0.1, 0.15) is 24.2 Å². The van der Waals surface area contributed by atoms with Gasteiger partial charge in [-0.05, 0) is 26.7 Å². The molecule has 0 saturated carbocycles. The fourth-order valence-corrected chi connectivity index (χ4v) is 2.18. The van der Waals surface area contributed by atoms with Gasteiger partial charge in [-0.3, -0.25) is 5.10 Å². The van der Waals surface area contributed by atoms with E-state index in [0.717, 1.165) is 5.69 Å². The number of nitrogens with zero attached hydrogens (tertiary/aromatic N) is 2. The highest BCUT2D eigenvalue weighted by Crippen LogP contribution is 2.21. The molecule has 1 aliphatic rings. The predicted molar refractivity (Wildman–Crippen MR) is 64.4 cm³/mol. The van der Waals surface area contributed by atoms with Gasteiger partial charge >= 0.3 is 12.0 Å². The molecule has 2 rings (SSSR count). The number of carboxylic acid groups (broad SMARTS) is 1. The van der Waals surface area contributed by atoms with Gasteiger partial charge in [0.1, 0.15) is 6.04 Å². The van der Waals surface area contributed by atoms with Crippen molar-refractivity contribution >= 4 is 17.7 Å². The molecule has 0 aliphatic carbocycles. The molecule has 1 saturated heterocycles. The van der Waals surface area contributed by atoms with Gasteiger partial charge < -0.3 is 15.3 Å². The van der Waals surface area contributed by atoms with E-state index in [2.05, 4.69) is 15.5 Å². The highest BCUT2D eigenvalue weighted by atomic mass is 16.4. The Morgan fingerprint density at radius 2 is 2.22 bits per heavy atom. The second-order valence-corrected chi connectivity index (χ2v) is 4.43. The quantitative estimate of drug-likeness (QED) is 0.734. The normalized spacial score (nSPS) is 19.0. The molecule has 2 amide bonds. The maximum absolute atomic E-state index is 12.0. The van der Waals surface area contributed by atoms with Gasteiger partial charge in [-0.15, -0.1) is 0 Å². The first-order valence-electron chi connectivity index (χ1n) is 5.82.